The van der Waals surface area contributed by atoms with Gasteiger partial charge in [-0.2, -0.15) is 0 Å². The number of aliphatic hydroxyl groups excluding tert-OH is 1. The highest BCUT2D eigenvalue weighted by Gasteiger charge is 2.02. The molecule has 0 aliphatic rings. The van der Waals surface area contributed by atoms with E-state index < -0.39 is 0 Å². The first-order valence-electron chi connectivity index (χ1n) is 6.22. The summed E-state index contributed by atoms with van der Waals surface area (Å²) in [4.78, 5) is 11.4. The minimum atomic E-state index is -0.00597. The molecule has 0 spiro atoms. The van der Waals surface area contributed by atoms with Gasteiger partial charge in [-0.1, -0.05) is 18.2 Å². The predicted molar refractivity (Wildman–Crippen MR) is 71.3 cm³/mol. The Morgan fingerprint density at radius 1 is 1.28 bits per heavy atom. The molecular formula is C14H18N2O2. The van der Waals surface area contributed by atoms with Crippen LogP contribution in [0.25, 0.3) is 10.9 Å². The van der Waals surface area contributed by atoms with Crippen LogP contribution in [-0.2, 0) is 11.3 Å². The first-order valence-corrected chi connectivity index (χ1v) is 6.22. The van der Waals surface area contributed by atoms with Crippen LogP contribution in [0, 0.1) is 0 Å². The number of hydrogen-bond donors (Lipinski definition) is 2. The number of carbonyl (C=O) groups excluding carboxylic acids is 1. The fourth-order valence-electron chi connectivity index (χ4n) is 2.03. The SMILES string of the molecule is O=C(CCCn1ccc2ccccc21)NCCO. The molecule has 0 atom stereocenters. The summed E-state index contributed by atoms with van der Waals surface area (Å²) < 4.78 is 2.16. The monoisotopic (exact) mass is 246 g/mol. The molecule has 1 amide bonds. The maximum absolute atomic E-state index is 11.4. The number of para-hydroxylation sites is 1. The largest absolute Gasteiger partial charge is 0.395 e. The number of hydrogen-bond acceptors (Lipinski definition) is 2. The fraction of sp³-hybridized carbons (Fsp3) is 0.357. The minimum absolute atomic E-state index is 0.000474. The first-order chi connectivity index (χ1) is 8.81. The topological polar surface area (TPSA) is 54.3 Å². The van der Waals surface area contributed by atoms with Crippen molar-refractivity contribution in [2.24, 2.45) is 0 Å². The molecule has 0 unspecified atom stereocenters. The molecule has 0 bridgehead atoms. The number of aromatic nitrogens is 1. The molecule has 96 valence electrons. The van der Waals surface area contributed by atoms with Gasteiger partial charge in [-0.25, -0.2) is 0 Å². The second-order valence-electron chi connectivity index (χ2n) is 4.25. The van der Waals surface area contributed by atoms with Crippen molar-refractivity contribution in [1.82, 2.24) is 9.88 Å². The normalized spacial score (nSPS) is 10.7. The van der Waals surface area contributed by atoms with Crippen LogP contribution in [0.1, 0.15) is 12.8 Å². The van der Waals surface area contributed by atoms with Gasteiger partial charge in [0.05, 0.1) is 6.61 Å². The molecule has 0 radical (unpaired) electrons. The smallest absolute Gasteiger partial charge is 0.220 e. The molecule has 0 saturated carbocycles. The van der Waals surface area contributed by atoms with E-state index in [2.05, 4.69) is 34.3 Å². The Bertz CT molecular complexity index is 519. The highest BCUT2D eigenvalue weighted by molar-refractivity contribution is 5.80. The summed E-state index contributed by atoms with van der Waals surface area (Å²) in [5.74, 6) is 0.000474. The van der Waals surface area contributed by atoms with Gasteiger partial charge >= 0.3 is 0 Å². The lowest BCUT2D eigenvalue weighted by Gasteiger charge is -2.06. The lowest BCUT2D eigenvalue weighted by atomic mass is 10.2. The van der Waals surface area contributed by atoms with E-state index in [0.717, 1.165) is 13.0 Å². The van der Waals surface area contributed by atoms with E-state index in [1.807, 2.05) is 12.1 Å². The lowest BCUT2D eigenvalue weighted by molar-refractivity contribution is -0.121. The van der Waals surface area contributed by atoms with Crippen molar-refractivity contribution in [1.29, 1.82) is 0 Å². The van der Waals surface area contributed by atoms with Gasteiger partial charge < -0.3 is 15.0 Å². The van der Waals surface area contributed by atoms with Gasteiger partial charge in [0, 0.05) is 31.2 Å². The van der Waals surface area contributed by atoms with Crippen LogP contribution >= 0.6 is 0 Å². The molecular weight excluding hydrogens is 228 g/mol. The molecule has 4 nitrogen and oxygen atoms in total. The third-order valence-electron chi connectivity index (χ3n) is 2.92. The van der Waals surface area contributed by atoms with Crippen molar-refractivity contribution in [3.05, 3.63) is 36.5 Å². The number of benzene rings is 1. The fourth-order valence-corrected chi connectivity index (χ4v) is 2.03. The van der Waals surface area contributed by atoms with Crippen LogP contribution in [0.4, 0.5) is 0 Å². The molecule has 0 fully saturated rings. The summed E-state index contributed by atoms with van der Waals surface area (Å²) in [6.07, 6.45) is 3.35. The standard InChI is InChI=1S/C14H18N2O2/c17-11-8-15-14(18)6-3-9-16-10-7-12-4-1-2-5-13(12)16/h1-2,4-5,7,10,17H,3,6,8-9,11H2,(H,15,18). The average Bonchev–Trinajstić information content (AvgIpc) is 2.80. The zero-order valence-electron chi connectivity index (χ0n) is 10.3. The number of aliphatic hydroxyl groups is 1. The van der Waals surface area contributed by atoms with E-state index in [1.165, 1.54) is 10.9 Å². The van der Waals surface area contributed by atoms with E-state index in [4.69, 9.17) is 5.11 Å². The first kappa shape index (κ1) is 12.6. The lowest BCUT2D eigenvalue weighted by Crippen LogP contribution is -2.26. The summed E-state index contributed by atoms with van der Waals surface area (Å²) in [5.41, 5.74) is 1.20. The van der Waals surface area contributed by atoms with Crippen molar-refractivity contribution in [2.45, 2.75) is 19.4 Å². The number of fused-ring (bicyclic) bond motifs is 1. The Balaban J connectivity index is 1.85. The van der Waals surface area contributed by atoms with E-state index in [-0.39, 0.29) is 12.5 Å². The van der Waals surface area contributed by atoms with E-state index in [9.17, 15) is 4.79 Å². The third-order valence-corrected chi connectivity index (χ3v) is 2.92. The van der Waals surface area contributed by atoms with Gasteiger partial charge in [-0.05, 0) is 23.9 Å². The van der Waals surface area contributed by atoms with Crippen LogP contribution in [0.2, 0.25) is 0 Å². The van der Waals surface area contributed by atoms with E-state index >= 15 is 0 Å². The van der Waals surface area contributed by atoms with Gasteiger partial charge in [-0.15, -0.1) is 0 Å². The van der Waals surface area contributed by atoms with Crippen molar-refractivity contribution in [3.8, 4) is 0 Å². The summed E-state index contributed by atoms with van der Waals surface area (Å²) in [6.45, 7) is 1.17. The minimum Gasteiger partial charge on any atom is -0.395 e. The third kappa shape index (κ3) is 3.11. The van der Waals surface area contributed by atoms with E-state index in [0.29, 0.717) is 13.0 Å². The predicted octanol–water partition coefficient (Wildman–Crippen LogP) is 1.53. The summed E-state index contributed by atoms with van der Waals surface area (Å²) in [6, 6.07) is 10.3. The second-order valence-corrected chi connectivity index (χ2v) is 4.25. The Kier molecular flexibility index (Phi) is 4.36. The Morgan fingerprint density at radius 3 is 2.94 bits per heavy atom. The Morgan fingerprint density at radius 2 is 2.11 bits per heavy atom. The van der Waals surface area contributed by atoms with Gasteiger partial charge in [-0.3, -0.25) is 4.79 Å². The Labute approximate surface area is 106 Å². The Hall–Kier alpha value is -1.81. The molecule has 2 aromatic rings. The summed E-state index contributed by atoms with van der Waals surface area (Å²) >= 11 is 0. The molecule has 0 aliphatic carbocycles. The number of aryl methyl sites for hydroxylation is 1. The zero-order chi connectivity index (χ0) is 12.8. The van der Waals surface area contributed by atoms with Crippen LogP contribution in [-0.4, -0.2) is 28.7 Å². The number of amides is 1. The molecule has 2 rings (SSSR count). The van der Waals surface area contributed by atoms with Crippen molar-refractivity contribution in [3.63, 3.8) is 0 Å². The molecule has 18 heavy (non-hydrogen) atoms. The number of carbonyl (C=O) groups is 1. The molecule has 0 aliphatic heterocycles. The number of rotatable bonds is 6. The quantitative estimate of drug-likeness (QED) is 0.812. The van der Waals surface area contributed by atoms with Crippen molar-refractivity contribution in [2.75, 3.05) is 13.2 Å². The van der Waals surface area contributed by atoms with Crippen LogP contribution in [0.15, 0.2) is 36.5 Å². The highest BCUT2D eigenvalue weighted by atomic mass is 16.3. The van der Waals surface area contributed by atoms with Crippen LogP contribution in [0.5, 0.6) is 0 Å². The molecule has 2 N–H and O–H groups in total. The van der Waals surface area contributed by atoms with E-state index in [1.54, 1.807) is 0 Å². The molecule has 0 saturated heterocycles. The molecule has 1 aromatic heterocycles. The summed E-state index contributed by atoms with van der Waals surface area (Å²) in [5, 5.41) is 12.5. The van der Waals surface area contributed by atoms with Gasteiger partial charge in [0.25, 0.3) is 0 Å². The average molecular weight is 246 g/mol. The van der Waals surface area contributed by atoms with Gasteiger partial charge in [0.15, 0.2) is 0 Å². The zero-order valence-corrected chi connectivity index (χ0v) is 10.3. The van der Waals surface area contributed by atoms with Gasteiger partial charge in [0.2, 0.25) is 5.91 Å². The van der Waals surface area contributed by atoms with Crippen molar-refractivity contribution < 1.29 is 9.90 Å². The number of nitrogens with one attached hydrogen (secondary N) is 1. The number of nitrogens with zero attached hydrogens (tertiary/aromatic N) is 1. The second kappa shape index (κ2) is 6.21. The highest BCUT2D eigenvalue weighted by Crippen LogP contribution is 2.15. The van der Waals surface area contributed by atoms with Crippen molar-refractivity contribution >= 4 is 16.8 Å². The maximum Gasteiger partial charge on any atom is 0.220 e. The molecule has 1 heterocycles. The van der Waals surface area contributed by atoms with Gasteiger partial charge in [0.1, 0.15) is 0 Å². The summed E-state index contributed by atoms with van der Waals surface area (Å²) in [7, 11) is 0. The molecule has 4 heteroatoms. The van der Waals surface area contributed by atoms with Crippen LogP contribution < -0.4 is 5.32 Å². The van der Waals surface area contributed by atoms with Crippen LogP contribution in [0.3, 0.4) is 0 Å². The maximum atomic E-state index is 11.4. The molecule has 1 aromatic carbocycles.